The van der Waals surface area contributed by atoms with E-state index in [0.717, 1.165) is 40.6 Å². The summed E-state index contributed by atoms with van der Waals surface area (Å²) >= 11 is 1.55. The SMILES string of the molecule is CNCc1cc(-c2ccc(CCC3CC3)cc2F)n(Sc2cccnc2)c1. The maximum atomic E-state index is 14.9. The van der Waals surface area contributed by atoms with Crippen molar-refractivity contribution < 1.29 is 4.39 Å². The molecule has 0 bridgehead atoms. The van der Waals surface area contributed by atoms with Gasteiger partial charge in [0.25, 0.3) is 0 Å². The fourth-order valence-electron chi connectivity index (χ4n) is 3.28. The number of benzene rings is 1. The summed E-state index contributed by atoms with van der Waals surface area (Å²) in [6, 6.07) is 11.7. The summed E-state index contributed by atoms with van der Waals surface area (Å²) in [5.41, 5.74) is 3.74. The normalized spacial score (nSPS) is 13.9. The van der Waals surface area contributed by atoms with Crippen molar-refractivity contribution in [3.63, 3.8) is 0 Å². The van der Waals surface area contributed by atoms with E-state index >= 15 is 0 Å². The summed E-state index contributed by atoms with van der Waals surface area (Å²) in [5.74, 6) is 0.718. The van der Waals surface area contributed by atoms with Gasteiger partial charge in [0.1, 0.15) is 5.82 Å². The third kappa shape index (κ3) is 4.60. The van der Waals surface area contributed by atoms with Crippen molar-refractivity contribution in [1.82, 2.24) is 14.3 Å². The van der Waals surface area contributed by atoms with E-state index in [4.69, 9.17) is 0 Å². The summed E-state index contributed by atoms with van der Waals surface area (Å²) < 4.78 is 17.0. The Morgan fingerprint density at radius 3 is 2.81 bits per heavy atom. The number of pyridine rings is 1. The largest absolute Gasteiger partial charge is 0.316 e. The minimum Gasteiger partial charge on any atom is -0.316 e. The number of aryl methyl sites for hydroxylation is 1. The molecule has 0 amide bonds. The Labute approximate surface area is 164 Å². The highest BCUT2D eigenvalue weighted by molar-refractivity contribution is 7.98. The molecule has 3 nitrogen and oxygen atoms in total. The van der Waals surface area contributed by atoms with Gasteiger partial charge in [-0.2, -0.15) is 0 Å². The molecule has 2 heterocycles. The molecule has 0 aliphatic heterocycles. The fourth-order valence-corrected chi connectivity index (χ4v) is 4.20. The molecule has 3 aromatic rings. The number of rotatable bonds is 8. The zero-order chi connectivity index (χ0) is 18.6. The second-order valence-electron chi connectivity index (χ2n) is 7.17. The molecule has 1 N–H and O–H groups in total. The minimum absolute atomic E-state index is 0.148. The molecule has 1 saturated carbocycles. The number of hydrogen-bond donors (Lipinski definition) is 1. The van der Waals surface area contributed by atoms with Crippen LogP contribution in [-0.4, -0.2) is 16.0 Å². The first-order valence-electron chi connectivity index (χ1n) is 9.46. The van der Waals surface area contributed by atoms with Crippen LogP contribution in [-0.2, 0) is 13.0 Å². The van der Waals surface area contributed by atoms with Crippen LogP contribution in [0.2, 0.25) is 0 Å². The smallest absolute Gasteiger partial charge is 0.132 e. The van der Waals surface area contributed by atoms with Crippen LogP contribution in [0.25, 0.3) is 11.3 Å². The summed E-state index contributed by atoms with van der Waals surface area (Å²) in [6.07, 6.45) is 10.5. The summed E-state index contributed by atoms with van der Waals surface area (Å²) in [6.45, 7) is 0.745. The van der Waals surface area contributed by atoms with Gasteiger partial charge < -0.3 is 5.32 Å². The maximum Gasteiger partial charge on any atom is 0.132 e. The van der Waals surface area contributed by atoms with Gasteiger partial charge >= 0.3 is 0 Å². The quantitative estimate of drug-likeness (QED) is 0.574. The van der Waals surface area contributed by atoms with Crippen molar-refractivity contribution >= 4 is 11.9 Å². The molecule has 27 heavy (non-hydrogen) atoms. The number of hydrogen-bond acceptors (Lipinski definition) is 3. The lowest BCUT2D eigenvalue weighted by Crippen LogP contribution is -2.03. The van der Waals surface area contributed by atoms with Crippen molar-refractivity contribution in [3.05, 3.63) is 71.9 Å². The average molecular weight is 382 g/mol. The lowest BCUT2D eigenvalue weighted by atomic mass is 10.0. The van der Waals surface area contributed by atoms with Crippen LogP contribution in [0.3, 0.4) is 0 Å². The van der Waals surface area contributed by atoms with E-state index in [9.17, 15) is 4.39 Å². The van der Waals surface area contributed by atoms with Gasteiger partial charge in [-0.1, -0.05) is 18.9 Å². The van der Waals surface area contributed by atoms with Gasteiger partial charge in [0.2, 0.25) is 0 Å². The van der Waals surface area contributed by atoms with Crippen molar-refractivity contribution in [2.75, 3.05) is 7.05 Å². The van der Waals surface area contributed by atoms with E-state index in [1.54, 1.807) is 24.2 Å². The predicted octanol–water partition coefficient (Wildman–Crippen LogP) is 5.31. The van der Waals surface area contributed by atoms with E-state index in [0.29, 0.717) is 5.56 Å². The number of halogens is 1. The molecule has 5 heteroatoms. The lowest BCUT2D eigenvalue weighted by Gasteiger charge is -2.10. The topological polar surface area (TPSA) is 29.9 Å². The molecule has 140 valence electrons. The van der Waals surface area contributed by atoms with Gasteiger partial charge in [0.15, 0.2) is 0 Å². The molecule has 2 aromatic heterocycles. The van der Waals surface area contributed by atoms with Crippen LogP contribution in [0.1, 0.15) is 30.4 Å². The number of nitrogens with one attached hydrogen (secondary N) is 1. The highest BCUT2D eigenvalue weighted by Gasteiger charge is 2.21. The zero-order valence-corrected chi connectivity index (χ0v) is 16.3. The Hall–Kier alpha value is -2.11. The van der Waals surface area contributed by atoms with Gasteiger partial charge in [-0.05, 0) is 79.2 Å². The number of nitrogens with zero attached hydrogens (tertiary/aromatic N) is 2. The number of aromatic nitrogens is 2. The van der Waals surface area contributed by atoms with E-state index in [-0.39, 0.29) is 5.82 Å². The van der Waals surface area contributed by atoms with Gasteiger partial charge in [0, 0.05) is 35.6 Å². The third-order valence-electron chi connectivity index (χ3n) is 4.91. The standard InChI is InChI=1S/C22H24FN3S/c1-24-13-18-12-22(26(15-18)27-19-3-2-10-25-14-19)20-9-8-17(11-21(20)23)7-6-16-4-5-16/h2-3,8-12,14-16,24H,4-7,13H2,1H3. The molecular formula is C22H24FN3S. The van der Waals surface area contributed by atoms with Crippen LogP contribution in [0.5, 0.6) is 0 Å². The van der Waals surface area contributed by atoms with E-state index < -0.39 is 0 Å². The zero-order valence-electron chi connectivity index (χ0n) is 15.5. The van der Waals surface area contributed by atoms with Gasteiger partial charge in [-0.3, -0.25) is 8.96 Å². The Balaban J connectivity index is 1.62. The molecule has 4 rings (SSSR count). The van der Waals surface area contributed by atoms with Crippen molar-refractivity contribution in [1.29, 1.82) is 0 Å². The molecule has 0 unspecified atom stereocenters. The first-order valence-corrected chi connectivity index (χ1v) is 10.2. The minimum atomic E-state index is -0.148. The van der Waals surface area contributed by atoms with E-state index in [1.165, 1.54) is 19.3 Å². The maximum absolute atomic E-state index is 14.9. The molecule has 0 atom stereocenters. The van der Waals surface area contributed by atoms with Crippen molar-refractivity contribution in [3.8, 4) is 11.3 Å². The Kier molecular flexibility index (Phi) is 5.60. The summed E-state index contributed by atoms with van der Waals surface area (Å²) in [7, 11) is 1.92. The van der Waals surface area contributed by atoms with Gasteiger partial charge in [-0.25, -0.2) is 4.39 Å². The summed E-state index contributed by atoms with van der Waals surface area (Å²) in [4.78, 5) is 5.19. The molecule has 0 radical (unpaired) electrons. The average Bonchev–Trinajstić information content (AvgIpc) is 3.43. The Morgan fingerprint density at radius 2 is 2.11 bits per heavy atom. The third-order valence-corrected chi connectivity index (χ3v) is 5.86. The first kappa shape index (κ1) is 18.3. The van der Waals surface area contributed by atoms with Crippen LogP contribution in [0.15, 0.2) is 59.9 Å². The second-order valence-corrected chi connectivity index (χ2v) is 8.21. The van der Waals surface area contributed by atoms with Crippen LogP contribution in [0.4, 0.5) is 4.39 Å². The molecule has 1 fully saturated rings. The van der Waals surface area contributed by atoms with Gasteiger partial charge in [0.05, 0.1) is 5.69 Å². The molecule has 1 aromatic carbocycles. The summed E-state index contributed by atoms with van der Waals surface area (Å²) in [5, 5.41) is 3.17. The van der Waals surface area contributed by atoms with Crippen LogP contribution in [0, 0.1) is 11.7 Å². The van der Waals surface area contributed by atoms with Crippen molar-refractivity contribution in [2.45, 2.75) is 37.1 Å². The second kappa shape index (κ2) is 8.28. The van der Waals surface area contributed by atoms with Crippen molar-refractivity contribution in [2.24, 2.45) is 5.92 Å². The molecule has 1 aliphatic carbocycles. The van der Waals surface area contributed by atoms with Crippen LogP contribution >= 0.6 is 11.9 Å². The monoisotopic (exact) mass is 381 g/mol. The Morgan fingerprint density at radius 1 is 1.22 bits per heavy atom. The molecule has 0 spiro atoms. The highest BCUT2D eigenvalue weighted by atomic mass is 32.2. The molecular weight excluding hydrogens is 357 g/mol. The predicted molar refractivity (Wildman–Crippen MR) is 109 cm³/mol. The van der Waals surface area contributed by atoms with E-state index in [2.05, 4.69) is 28.6 Å². The first-order chi connectivity index (χ1) is 13.2. The van der Waals surface area contributed by atoms with E-state index in [1.807, 2.05) is 35.4 Å². The molecule has 0 saturated heterocycles. The van der Waals surface area contributed by atoms with Crippen LogP contribution < -0.4 is 5.32 Å². The highest BCUT2D eigenvalue weighted by Crippen LogP contribution is 2.35. The fraction of sp³-hybridized carbons (Fsp3) is 0.318. The van der Waals surface area contributed by atoms with Gasteiger partial charge in [-0.15, -0.1) is 0 Å². The Bertz CT molecular complexity index is 903. The molecule has 1 aliphatic rings. The lowest BCUT2D eigenvalue weighted by molar-refractivity contribution is 0.625.